The zero-order valence-electron chi connectivity index (χ0n) is 20.9. The maximum absolute atomic E-state index is 12.9. The number of hydrogen-bond acceptors (Lipinski definition) is 10. The average Bonchev–Trinajstić information content (AvgIpc) is 2.87. The summed E-state index contributed by atoms with van der Waals surface area (Å²) in [6.45, 7) is -0.142. The molecule has 40 heavy (non-hydrogen) atoms. The van der Waals surface area contributed by atoms with Gasteiger partial charge in [-0.25, -0.2) is 29.0 Å². The molecule has 1 aliphatic heterocycles. The van der Waals surface area contributed by atoms with Gasteiger partial charge in [0.1, 0.15) is 25.1 Å². The molecule has 1 unspecified atom stereocenters. The van der Waals surface area contributed by atoms with Crippen molar-refractivity contribution in [3.63, 3.8) is 0 Å². The van der Waals surface area contributed by atoms with E-state index >= 15 is 0 Å². The SMILES string of the molecule is O=C(O)CCC(C(=O)O)N1C(=O)CC(=O)N([C@@H](CCCCNC(=O)OCc2ccc([N+](=O)[O-])cc2)C(=O)O)C1=O. The van der Waals surface area contributed by atoms with Gasteiger partial charge >= 0.3 is 30.0 Å². The number of nitro groups is 1. The van der Waals surface area contributed by atoms with Crippen LogP contribution in [-0.4, -0.2) is 90.5 Å². The monoisotopic (exact) mass is 566 g/mol. The molecule has 2 atom stereocenters. The first kappa shape index (κ1) is 31.1. The number of hydrogen-bond donors (Lipinski definition) is 4. The summed E-state index contributed by atoms with van der Waals surface area (Å²) in [5.74, 6) is -7.01. The summed E-state index contributed by atoms with van der Waals surface area (Å²) in [5, 5.41) is 41.0. The number of nitro benzene ring substituents is 1. The number of aliphatic carboxylic acids is 3. The Kier molecular flexibility index (Phi) is 11.0. The Bertz CT molecular complexity index is 1180. The molecule has 1 saturated heterocycles. The van der Waals surface area contributed by atoms with Gasteiger partial charge in [-0.1, -0.05) is 0 Å². The van der Waals surface area contributed by atoms with Gasteiger partial charge in [0.05, 0.1) is 4.92 Å². The number of rotatable bonds is 15. The van der Waals surface area contributed by atoms with Crippen LogP contribution in [0.25, 0.3) is 0 Å². The second-order valence-electron chi connectivity index (χ2n) is 8.55. The van der Waals surface area contributed by atoms with Gasteiger partial charge in [0.15, 0.2) is 0 Å². The number of alkyl carbamates (subject to hydrolysis) is 1. The summed E-state index contributed by atoms with van der Waals surface area (Å²) in [6.07, 6.45) is -3.17. The Morgan fingerprint density at radius 1 is 0.925 bits per heavy atom. The number of imide groups is 2. The van der Waals surface area contributed by atoms with Crippen molar-refractivity contribution >= 4 is 47.5 Å². The number of carboxylic acid groups (broad SMARTS) is 3. The molecule has 17 heteroatoms. The number of carbonyl (C=O) groups is 7. The maximum Gasteiger partial charge on any atom is 0.407 e. The minimum Gasteiger partial charge on any atom is -0.481 e. The van der Waals surface area contributed by atoms with E-state index in [1.165, 1.54) is 24.3 Å². The molecule has 0 bridgehead atoms. The molecule has 1 heterocycles. The molecular weight excluding hydrogens is 540 g/mol. The first-order chi connectivity index (χ1) is 18.8. The summed E-state index contributed by atoms with van der Waals surface area (Å²) in [6, 6.07) is 0.196. The predicted molar refractivity (Wildman–Crippen MR) is 129 cm³/mol. The lowest BCUT2D eigenvalue weighted by molar-refractivity contribution is -0.384. The van der Waals surface area contributed by atoms with E-state index in [0.29, 0.717) is 5.56 Å². The summed E-state index contributed by atoms with van der Waals surface area (Å²) in [7, 11) is 0. The standard InChI is InChI=1S/C23H26N4O13/c28-17-11-18(29)26(16(21(34)35)8-9-19(30)31)23(37)25(17)15(20(32)33)3-1-2-10-24-22(36)40-12-13-4-6-14(7-5-13)27(38)39/h4-7,15-16H,1-3,8-12H2,(H,24,36)(H,30,31)(H,32,33)(H,34,35)/t15-,16?/m0/s1. The summed E-state index contributed by atoms with van der Waals surface area (Å²) in [4.78, 5) is 94.5. The first-order valence-corrected chi connectivity index (χ1v) is 11.8. The number of carboxylic acids is 3. The minimum atomic E-state index is -1.91. The van der Waals surface area contributed by atoms with Crippen LogP contribution in [0.15, 0.2) is 24.3 Å². The van der Waals surface area contributed by atoms with Gasteiger partial charge in [-0.3, -0.25) is 24.5 Å². The number of unbranched alkanes of at least 4 members (excludes halogenated alkanes) is 1. The van der Waals surface area contributed by atoms with E-state index in [2.05, 4.69) is 5.32 Å². The van der Waals surface area contributed by atoms with Crippen LogP contribution < -0.4 is 5.32 Å². The number of barbiturate groups is 1. The van der Waals surface area contributed by atoms with E-state index in [0.717, 1.165) is 0 Å². The van der Waals surface area contributed by atoms with Crippen molar-refractivity contribution in [1.29, 1.82) is 0 Å². The highest BCUT2D eigenvalue weighted by Gasteiger charge is 2.48. The van der Waals surface area contributed by atoms with Crippen LogP contribution in [0.1, 0.15) is 44.1 Å². The lowest BCUT2D eigenvalue weighted by atomic mass is 10.0. The van der Waals surface area contributed by atoms with Crippen molar-refractivity contribution in [1.82, 2.24) is 15.1 Å². The normalized spacial score (nSPS) is 14.8. The largest absolute Gasteiger partial charge is 0.481 e. The number of non-ortho nitro benzene ring substituents is 1. The van der Waals surface area contributed by atoms with E-state index in [1.807, 2.05) is 0 Å². The molecule has 1 aliphatic rings. The van der Waals surface area contributed by atoms with Crippen LogP contribution in [0, 0.1) is 10.1 Å². The molecule has 17 nitrogen and oxygen atoms in total. The summed E-state index contributed by atoms with van der Waals surface area (Å²) < 4.78 is 4.98. The molecule has 0 aliphatic carbocycles. The molecule has 5 amide bonds. The lowest BCUT2D eigenvalue weighted by Gasteiger charge is -2.38. The van der Waals surface area contributed by atoms with Gasteiger partial charge < -0.3 is 25.4 Å². The van der Waals surface area contributed by atoms with Crippen molar-refractivity contribution in [3.8, 4) is 0 Å². The Hall–Kier alpha value is -5.09. The Morgan fingerprint density at radius 2 is 1.48 bits per heavy atom. The molecule has 0 spiro atoms. The molecule has 0 aromatic heterocycles. The highest BCUT2D eigenvalue weighted by molar-refractivity contribution is 6.16. The van der Waals surface area contributed by atoms with E-state index < -0.39 is 78.1 Å². The number of carbonyl (C=O) groups excluding carboxylic acids is 4. The molecular formula is C23H26N4O13. The van der Waals surface area contributed by atoms with Gasteiger partial charge in [0.2, 0.25) is 11.8 Å². The van der Waals surface area contributed by atoms with Gasteiger partial charge in [-0.15, -0.1) is 0 Å². The smallest absolute Gasteiger partial charge is 0.407 e. The number of amides is 5. The van der Waals surface area contributed by atoms with Crippen LogP contribution in [0.4, 0.5) is 15.3 Å². The van der Waals surface area contributed by atoms with Crippen LogP contribution in [0.5, 0.6) is 0 Å². The Balaban J connectivity index is 1.92. The second kappa shape index (κ2) is 14.2. The van der Waals surface area contributed by atoms with Gasteiger partial charge in [0, 0.05) is 25.1 Å². The highest BCUT2D eigenvalue weighted by atomic mass is 16.6. The fraction of sp³-hybridized carbons (Fsp3) is 0.435. The third kappa shape index (κ3) is 8.47. The second-order valence-corrected chi connectivity index (χ2v) is 8.55. The van der Waals surface area contributed by atoms with Crippen LogP contribution in [0.3, 0.4) is 0 Å². The molecule has 1 fully saturated rings. The summed E-state index contributed by atoms with van der Waals surface area (Å²) in [5.41, 5.74) is 0.376. The molecule has 1 aromatic rings. The number of nitrogens with one attached hydrogen (secondary N) is 1. The zero-order chi connectivity index (χ0) is 30.0. The van der Waals surface area contributed by atoms with Crippen LogP contribution in [0.2, 0.25) is 0 Å². The predicted octanol–water partition coefficient (Wildman–Crippen LogP) is 0.943. The van der Waals surface area contributed by atoms with E-state index in [9.17, 15) is 53.9 Å². The number of ether oxygens (including phenoxy) is 1. The van der Waals surface area contributed by atoms with Crippen molar-refractivity contribution in [2.75, 3.05) is 6.54 Å². The van der Waals surface area contributed by atoms with Crippen molar-refractivity contribution in [3.05, 3.63) is 39.9 Å². The van der Waals surface area contributed by atoms with Gasteiger partial charge in [0.25, 0.3) is 5.69 Å². The quantitative estimate of drug-likeness (QED) is 0.0999. The number of urea groups is 1. The van der Waals surface area contributed by atoms with Crippen molar-refractivity contribution in [2.45, 2.75) is 57.2 Å². The molecule has 4 N–H and O–H groups in total. The highest BCUT2D eigenvalue weighted by Crippen LogP contribution is 2.23. The molecule has 0 radical (unpaired) electrons. The maximum atomic E-state index is 12.9. The third-order valence-electron chi connectivity index (χ3n) is 5.77. The fourth-order valence-corrected chi connectivity index (χ4v) is 3.80. The zero-order valence-corrected chi connectivity index (χ0v) is 20.9. The molecule has 1 aromatic carbocycles. The van der Waals surface area contributed by atoms with E-state index in [4.69, 9.17) is 9.84 Å². The number of nitrogens with zero attached hydrogens (tertiary/aromatic N) is 3. The topological polar surface area (TPSA) is 251 Å². The minimum absolute atomic E-state index is 0.0220. The fourth-order valence-electron chi connectivity index (χ4n) is 3.80. The van der Waals surface area contributed by atoms with Crippen LogP contribution in [-0.2, 0) is 35.3 Å². The van der Waals surface area contributed by atoms with Crippen molar-refractivity contribution < 1.29 is 58.5 Å². The first-order valence-electron chi connectivity index (χ1n) is 11.8. The Morgan fingerprint density at radius 3 is 1.98 bits per heavy atom. The van der Waals surface area contributed by atoms with Gasteiger partial charge in [-0.2, -0.15) is 0 Å². The van der Waals surface area contributed by atoms with E-state index in [-0.39, 0.29) is 47.9 Å². The molecule has 216 valence electrons. The van der Waals surface area contributed by atoms with Gasteiger partial charge in [-0.05, 0) is 43.4 Å². The lowest BCUT2D eigenvalue weighted by Crippen LogP contribution is -2.63. The third-order valence-corrected chi connectivity index (χ3v) is 5.77. The van der Waals surface area contributed by atoms with Crippen LogP contribution >= 0.6 is 0 Å². The molecule has 2 rings (SSSR count). The molecule has 0 saturated carbocycles. The number of benzene rings is 1. The average molecular weight is 566 g/mol. The van der Waals surface area contributed by atoms with Crippen molar-refractivity contribution in [2.24, 2.45) is 0 Å². The Labute approximate surface area is 225 Å². The summed E-state index contributed by atoms with van der Waals surface area (Å²) >= 11 is 0. The van der Waals surface area contributed by atoms with E-state index in [1.54, 1.807) is 0 Å².